The minimum absolute atomic E-state index is 0.0208. The lowest BCUT2D eigenvalue weighted by Gasteiger charge is -2.45. The molecule has 0 radical (unpaired) electrons. The zero-order chi connectivity index (χ0) is 36.1. The van der Waals surface area contributed by atoms with Gasteiger partial charge in [-0.05, 0) is 121 Å². The summed E-state index contributed by atoms with van der Waals surface area (Å²) in [4.78, 5) is 5.14. The standard InChI is InChI=1S/C47H55BN2/c1-30-24-41-43-42(25-30)50(36-19-15-17-32(27-36)45(5,6)7)40-29-34(47(11,12)13)21-23-38(40)48(43)37-22-20-33(46(8,9)10)28-39(37)49(41)35-18-14-16-31(26-35)44(2,3)4/h14-29H,1-13H3. The van der Waals surface area contributed by atoms with Crippen LogP contribution >= 0.6 is 0 Å². The van der Waals surface area contributed by atoms with Gasteiger partial charge in [-0.15, -0.1) is 0 Å². The third kappa shape index (κ3) is 5.77. The summed E-state index contributed by atoms with van der Waals surface area (Å²) in [6, 6.07) is 37.9. The Balaban J connectivity index is 1.60. The average Bonchev–Trinajstić information content (AvgIpc) is 3.02. The molecule has 0 atom stereocenters. The molecule has 0 spiro atoms. The molecule has 50 heavy (non-hydrogen) atoms. The quantitative estimate of drug-likeness (QED) is 0.171. The highest BCUT2D eigenvalue weighted by Crippen LogP contribution is 2.46. The SMILES string of the molecule is Cc1cc2c3c(c1)N(c1cccc(C(C)(C)C)c1)c1cc(C(C)(C)C)ccc1B3c1ccc(C(C)(C)C)cc1N2c1cccc(C(C)(C)C)c1. The lowest BCUT2D eigenvalue weighted by molar-refractivity contribution is 0.589. The number of nitrogens with zero attached hydrogens (tertiary/aromatic N) is 2. The predicted molar refractivity (Wildman–Crippen MR) is 220 cm³/mol. The molecule has 2 heterocycles. The van der Waals surface area contributed by atoms with Crippen LogP contribution in [0.2, 0.25) is 0 Å². The summed E-state index contributed by atoms with van der Waals surface area (Å²) in [5.74, 6) is 0. The van der Waals surface area contributed by atoms with Crippen LogP contribution in [0.3, 0.4) is 0 Å². The summed E-state index contributed by atoms with van der Waals surface area (Å²) < 4.78 is 0. The normalized spacial score (nSPS) is 14.4. The first-order valence-corrected chi connectivity index (χ1v) is 18.5. The molecule has 256 valence electrons. The van der Waals surface area contributed by atoms with E-state index in [0.717, 1.165) is 0 Å². The molecule has 0 amide bonds. The van der Waals surface area contributed by atoms with E-state index in [9.17, 15) is 0 Å². The van der Waals surface area contributed by atoms with Gasteiger partial charge in [0, 0.05) is 34.1 Å². The summed E-state index contributed by atoms with van der Waals surface area (Å²) in [6.07, 6.45) is 0. The molecule has 0 fully saturated rings. The molecular formula is C47H55BN2. The Morgan fingerprint density at radius 3 is 1.12 bits per heavy atom. The smallest absolute Gasteiger partial charge is 0.252 e. The van der Waals surface area contributed by atoms with Gasteiger partial charge in [-0.3, -0.25) is 0 Å². The van der Waals surface area contributed by atoms with Crippen molar-refractivity contribution in [1.29, 1.82) is 0 Å². The van der Waals surface area contributed by atoms with E-state index in [0.29, 0.717) is 0 Å². The molecule has 5 aromatic rings. The van der Waals surface area contributed by atoms with Gasteiger partial charge in [0.1, 0.15) is 0 Å². The second-order valence-electron chi connectivity index (χ2n) is 19.0. The maximum absolute atomic E-state index is 2.57. The summed E-state index contributed by atoms with van der Waals surface area (Å²) in [6.45, 7) is 30.2. The Hall–Kier alpha value is -4.24. The van der Waals surface area contributed by atoms with E-state index in [-0.39, 0.29) is 28.4 Å². The van der Waals surface area contributed by atoms with Crippen LogP contribution in [0.1, 0.15) is 111 Å². The van der Waals surface area contributed by atoms with Gasteiger partial charge >= 0.3 is 0 Å². The van der Waals surface area contributed by atoms with Crippen LogP contribution in [-0.4, -0.2) is 6.71 Å². The Labute approximate surface area is 302 Å². The molecule has 2 nitrogen and oxygen atoms in total. The second kappa shape index (κ2) is 11.4. The Kier molecular flexibility index (Phi) is 7.80. The summed E-state index contributed by atoms with van der Waals surface area (Å²) in [5, 5.41) is 0. The van der Waals surface area contributed by atoms with Gasteiger partial charge < -0.3 is 9.80 Å². The number of benzene rings is 5. The summed E-state index contributed by atoms with van der Waals surface area (Å²) in [5.41, 5.74) is 18.4. The van der Waals surface area contributed by atoms with E-state index in [2.05, 4.69) is 197 Å². The minimum Gasteiger partial charge on any atom is -0.311 e. The molecular weight excluding hydrogens is 603 g/mol. The van der Waals surface area contributed by atoms with E-state index >= 15 is 0 Å². The molecule has 0 N–H and O–H groups in total. The number of fused-ring (bicyclic) bond motifs is 4. The third-order valence-corrected chi connectivity index (χ3v) is 10.9. The lowest BCUT2D eigenvalue weighted by Crippen LogP contribution is -2.61. The first-order chi connectivity index (χ1) is 23.2. The molecule has 0 saturated carbocycles. The molecule has 7 rings (SSSR count). The number of anilines is 6. The number of hydrogen-bond acceptors (Lipinski definition) is 2. The van der Waals surface area contributed by atoms with Gasteiger partial charge in [0.15, 0.2) is 0 Å². The third-order valence-electron chi connectivity index (χ3n) is 10.9. The fraction of sp³-hybridized carbons (Fsp3) is 0.362. The maximum Gasteiger partial charge on any atom is 0.252 e. The van der Waals surface area contributed by atoms with Crippen LogP contribution in [0.25, 0.3) is 0 Å². The second-order valence-corrected chi connectivity index (χ2v) is 19.0. The molecule has 3 heteroatoms. The fourth-order valence-electron chi connectivity index (χ4n) is 7.84. The zero-order valence-corrected chi connectivity index (χ0v) is 32.7. The van der Waals surface area contributed by atoms with Crippen molar-refractivity contribution >= 4 is 57.2 Å². The first-order valence-electron chi connectivity index (χ1n) is 18.5. The van der Waals surface area contributed by atoms with Crippen LogP contribution in [0.5, 0.6) is 0 Å². The molecule has 0 aromatic heterocycles. The van der Waals surface area contributed by atoms with E-state index in [1.54, 1.807) is 0 Å². The first kappa shape index (κ1) is 34.2. The van der Waals surface area contributed by atoms with Crippen LogP contribution in [-0.2, 0) is 21.7 Å². The van der Waals surface area contributed by atoms with Crippen molar-refractivity contribution in [3.63, 3.8) is 0 Å². The topological polar surface area (TPSA) is 6.48 Å². The van der Waals surface area contributed by atoms with Crippen molar-refractivity contribution in [3.8, 4) is 0 Å². The Morgan fingerprint density at radius 1 is 0.400 bits per heavy atom. The highest BCUT2D eigenvalue weighted by atomic mass is 15.2. The Morgan fingerprint density at radius 2 is 0.760 bits per heavy atom. The van der Waals surface area contributed by atoms with Crippen LogP contribution in [0, 0.1) is 6.92 Å². The van der Waals surface area contributed by atoms with Crippen molar-refractivity contribution in [1.82, 2.24) is 0 Å². The largest absolute Gasteiger partial charge is 0.311 e. The van der Waals surface area contributed by atoms with Crippen LogP contribution in [0.15, 0.2) is 97.1 Å². The van der Waals surface area contributed by atoms with Crippen molar-refractivity contribution < 1.29 is 0 Å². The number of aryl methyl sites for hydroxylation is 1. The highest BCUT2D eigenvalue weighted by Gasteiger charge is 2.44. The van der Waals surface area contributed by atoms with E-state index in [4.69, 9.17) is 0 Å². The monoisotopic (exact) mass is 658 g/mol. The van der Waals surface area contributed by atoms with Crippen LogP contribution < -0.4 is 26.2 Å². The average molecular weight is 659 g/mol. The van der Waals surface area contributed by atoms with Gasteiger partial charge in [0.2, 0.25) is 0 Å². The minimum atomic E-state index is 0.0208. The van der Waals surface area contributed by atoms with E-state index in [1.165, 1.54) is 78.3 Å². The predicted octanol–water partition coefficient (Wildman–Crippen LogP) is 11.3. The van der Waals surface area contributed by atoms with Crippen molar-refractivity contribution in [2.75, 3.05) is 9.80 Å². The highest BCUT2D eigenvalue weighted by molar-refractivity contribution is 7.00. The van der Waals surface area contributed by atoms with Gasteiger partial charge in [-0.1, -0.05) is 132 Å². The number of hydrogen-bond donors (Lipinski definition) is 0. The van der Waals surface area contributed by atoms with E-state index < -0.39 is 0 Å². The van der Waals surface area contributed by atoms with Crippen molar-refractivity contribution in [2.24, 2.45) is 0 Å². The molecule has 0 unspecified atom stereocenters. The van der Waals surface area contributed by atoms with Crippen molar-refractivity contribution in [3.05, 3.63) is 125 Å². The van der Waals surface area contributed by atoms with Gasteiger partial charge in [-0.25, -0.2) is 0 Å². The molecule has 0 bridgehead atoms. The number of rotatable bonds is 2. The fourth-order valence-corrected chi connectivity index (χ4v) is 7.84. The molecule has 0 aliphatic carbocycles. The van der Waals surface area contributed by atoms with Gasteiger partial charge in [0.05, 0.1) is 0 Å². The lowest BCUT2D eigenvalue weighted by atomic mass is 9.33. The summed E-state index contributed by atoms with van der Waals surface area (Å²) in [7, 11) is 0. The van der Waals surface area contributed by atoms with Gasteiger partial charge in [-0.2, -0.15) is 0 Å². The summed E-state index contributed by atoms with van der Waals surface area (Å²) >= 11 is 0. The molecule has 5 aromatic carbocycles. The Bertz CT molecular complexity index is 1980. The molecule has 0 saturated heterocycles. The zero-order valence-electron chi connectivity index (χ0n) is 32.7. The van der Waals surface area contributed by atoms with Gasteiger partial charge in [0.25, 0.3) is 6.71 Å². The van der Waals surface area contributed by atoms with E-state index in [1.807, 2.05) is 0 Å². The van der Waals surface area contributed by atoms with Crippen LogP contribution in [0.4, 0.5) is 34.1 Å². The molecule has 2 aliphatic heterocycles. The molecule has 2 aliphatic rings. The van der Waals surface area contributed by atoms with Crippen molar-refractivity contribution in [2.45, 2.75) is 112 Å². The maximum atomic E-state index is 2.57.